The van der Waals surface area contributed by atoms with Crippen LogP contribution in [0.25, 0.3) is 5.57 Å². The van der Waals surface area contributed by atoms with E-state index in [0.29, 0.717) is 11.3 Å². The molecule has 1 N–H and O–H groups in total. The molecule has 0 aliphatic heterocycles. The van der Waals surface area contributed by atoms with Crippen molar-refractivity contribution in [1.82, 2.24) is 4.83 Å². The molecule has 0 aliphatic carbocycles. The first-order valence-electron chi connectivity index (χ1n) is 8.88. The van der Waals surface area contributed by atoms with Crippen LogP contribution >= 0.6 is 0 Å². The fourth-order valence-electron chi connectivity index (χ4n) is 2.76. The van der Waals surface area contributed by atoms with Gasteiger partial charge in [0.15, 0.2) is 0 Å². The number of hydrogen-bond donors (Lipinski definition) is 1. The van der Waals surface area contributed by atoms with E-state index in [1.807, 2.05) is 6.92 Å². The zero-order chi connectivity index (χ0) is 20.9. The second-order valence-electron chi connectivity index (χ2n) is 6.43. The topological polar surface area (TPSA) is 49.4 Å². The van der Waals surface area contributed by atoms with Crippen molar-refractivity contribution >= 4 is 21.3 Å². The van der Waals surface area contributed by atoms with Crippen LogP contribution in [0.2, 0.25) is 0 Å². The van der Waals surface area contributed by atoms with Crippen LogP contribution in [0.5, 0.6) is 0 Å². The average molecular weight is 414 g/mol. The summed E-state index contributed by atoms with van der Waals surface area (Å²) >= 11 is 0. The summed E-state index contributed by atoms with van der Waals surface area (Å²) in [4.78, 5) is 2.49. The molecular weight excluding hydrogens is 394 g/mol. The van der Waals surface area contributed by atoms with Gasteiger partial charge in [0.1, 0.15) is 0 Å². The Morgan fingerprint density at radius 3 is 1.97 bits per heavy atom. The number of nitrogens with zero attached hydrogens (tertiary/aromatic N) is 1. The first kappa shape index (κ1) is 20.7. The molecule has 0 bridgehead atoms. The van der Waals surface area contributed by atoms with Gasteiger partial charge in [0.05, 0.1) is 17.1 Å². The van der Waals surface area contributed by atoms with Crippen LogP contribution in [0.15, 0.2) is 95.9 Å². The van der Waals surface area contributed by atoms with Gasteiger partial charge >= 0.3 is 0 Å². The summed E-state index contributed by atoms with van der Waals surface area (Å²) in [6.45, 7) is 1.50. The number of halogens is 2. The Morgan fingerprint density at radius 2 is 1.41 bits per heavy atom. The summed E-state index contributed by atoms with van der Waals surface area (Å²) in [6.07, 6.45) is -1.87. The summed E-state index contributed by atoms with van der Waals surface area (Å²) in [5, 5.41) is 1.21. The summed E-state index contributed by atoms with van der Waals surface area (Å²) < 4.78 is 53.2. The van der Waals surface area contributed by atoms with Crippen molar-refractivity contribution in [2.24, 2.45) is 0 Å². The largest absolute Gasteiger partial charge is 0.290 e. The van der Waals surface area contributed by atoms with Crippen LogP contribution in [0.4, 0.5) is 14.5 Å². The number of anilines is 1. The van der Waals surface area contributed by atoms with Crippen molar-refractivity contribution in [3.63, 3.8) is 0 Å². The van der Waals surface area contributed by atoms with Gasteiger partial charge in [-0.05, 0) is 36.8 Å². The zero-order valence-corrected chi connectivity index (χ0v) is 16.5. The fourth-order valence-corrected chi connectivity index (χ4v) is 3.82. The summed E-state index contributed by atoms with van der Waals surface area (Å²) in [7, 11) is -3.97. The molecule has 0 spiro atoms. The molecular formula is C22H20F2N2O2S. The minimum atomic E-state index is -3.97. The molecule has 4 nitrogen and oxygen atoms in total. The van der Waals surface area contributed by atoms with E-state index >= 15 is 0 Å². The molecule has 0 aliphatic rings. The molecule has 0 radical (unpaired) electrons. The van der Waals surface area contributed by atoms with Gasteiger partial charge in [0, 0.05) is 5.57 Å². The molecule has 29 heavy (non-hydrogen) atoms. The molecule has 3 rings (SSSR count). The number of sulfonamides is 1. The van der Waals surface area contributed by atoms with Gasteiger partial charge in [-0.3, -0.25) is 5.01 Å². The monoisotopic (exact) mass is 414 g/mol. The van der Waals surface area contributed by atoms with Crippen LogP contribution in [0, 0.1) is 6.92 Å². The summed E-state index contributed by atoms with van der Waals surface area (Å²) in [6, 6.07) is 23.0. The highest BCUT2D eigenvalue weighted by atomic mass is 32.2. The van der Waals surface area contributed by atoms with Crippen molar-refractivity contribution < 1.29 is 17.2 Å². The van der Waals surface area contributed by atoms with Gasteiger partial charge < -0.3 is 0 Å². The van der Waals surface area contributed by atoms with E-state index in [9.17, 15) is 17.2 Å². The molecule has 3 aromatic rings. The van der Waals surface area contributed by atoms with E-state index in [-0.39, 0.29) is 17.0 Å². The normalized spacial score (nSPS) is 11.1. The smallest absolute Gasteiger partial charge is 0.275 e. The Kier molecular flexibility index (Phi) is 6.41. The molecule has 7 heteroatoms. The Hall–Kier alpha value is -3.03. The van der Waals surface area contributed by atoms with Gasteiger partial charge in [-0.15, -0.1) is 4.83 Å². The third-order valence-corrected chi connectivity index (χ3v) is 5.65. The number of aryl methyl sites for hydroxylation is 1. The van der Waals surface area contributed by atoms with Crippen LogP contribution in [-0.2, 0) is 10.0 Å². The predicted octanol–water partition coefficient (Wildman–Crippen LogP) is 5.00. The SMILES string of the molecule is Cc1ccc(S(=O)(=O)NN(CC(=C(F)F)c2ccccc2)c2ccccc2)cc1. The second kappa shape index (κ2) is 8.98. The molecule has 0 heterocycles. The molecule has 0 atom stereocenters. The van der Waals surface area contributed by atoms with E-state index in [1.165, 1.54) is 17.1 Å². The molecule has 0 aromatic heterocycles. The summed E-state index contributed by atoms with van der Waals surface area (Å²) in [5.41, 5.74) is 1.42. The second-order valence-corrected chi connectivity index (χ2v) is 8.10. The fraction of sp³-hybridized carbons (Fsp3) is 0.0909. The standard InChI is InChI=1S/C22H20F2N2O2S/c1-17-12-14-20(15-13-17)29(27,28)25-26(19-10-6-3-7-11-19)16-21(22(23)24)18-8-4-2-5-9-18/h2-15,25H,16H2,1H3. The third-order valence-electron chi connectivity index (χ3n) is 4.30. The maximum atomic E-state index is 13.7. The minimum Gasteiger partial charge on any atom is -0.290 e. The molecule has 3 aromatic carbocycles. The van der Waals surface area contributed by atoms with Crippen molar-refractivity contribution in [2.45, 2.75) is 11.8 Å². The Balaban J connectivity index is 1.97. The molecule has 0 amide bonds. The van der Waals surface area contributed by atoms with E-state index in [1.54, 1.807) is 72.8 Å². The lowest BCUT2D eigenvalue weighted by Crippen LogP contribution is -2.43. The Morgan fingerprint density at radius 1 is 0.862 bits per heavy atom. The number of benzene rings is 3. The number of nitrogens with one attached hydrogen (secondary N) is 1. The van der Waals surface area contributed by atoms with Gasteiger partial charge in [-0.2, -0.15) is 8.78 Å². The molecule has 0 saturated carbocycles. The van der Waals surface area contributed by atoms with E-state index in [4.69, 9.17) is 0 Å². The minimum absolute atomic E-state index is 0.0509. The number of hydrazine groups is 1. The maximum absolute atomic E-state index is 13.7. The highest BCUT2D eigenvalue weighted by molar-refractivity contribution is 7.89. The van der Waals surface area contributed by atoms with E-state index < -0.39 is 16.1 Å². The zero-order valence-electron chi connectivity index (χ0n) is 15.7. The van der Waals surface area contributed by atoms with Crippen LogP contribution < -0.4 is 9.84 Å². The number of rotatable bonds is 7. The molecule has 0 saturated heterocycles. The van der Waals surface area contributed by atoms with Gasteiger partial charge in [0.25, 0.3) is 16.1 Å². The third kappa shape index (κ3) is 5.28. The van der Waals surface area contributed by atoms with Crippen LogP contribution in [0.3, 0.4) is 0 Å². The van der Waals surface area contributed by atoms with Crippen LogP contribution in [0.1, 0.15) is 11.1 Å². The van der Waals surface area contributed by atoms with Crippen molar-refractivity contribution in [3.05, 3.63) is 102 Å². The molecule has 0 fully saturated rings. The highest BCUT2D eigenvalue weighted by Gasteiger charge is 2.22. The van der Waals surface area contributed by atoms with Gasteiger partial charge in [-0.1, -0.05) is 66.2 Å². The number of para-hydroxylation sites is 1. The lowest BCUT2D eigenvalue weighted by atomic mass is 10.1. The first-order chi connectivity index (χ1) is 13.9. The maximum Gasteiger partial charge on any atom is 0.275 e. The lowest BCUT2D eigenvalue weighted by molar-refractivity contribution is 0.423. The quantitative estimate of drug-likeness (QED) is 0.554. The van der Waals surface area contributed by atoms with E-state index in [0.717, 1.165) is 5.56 Å². The van der Waals surface area contributed by atoms with Crippen LogP contribution in [-0.4, -0.2) is 15.0 Å². The average Bonchev–Trinajstić information content (AvgIpc) is 2.72. The predicted molar refractivity (Wildman–Crippen MR) is 111 cm³/mol. The van der Waals surface area contributed by atoms with Crippen molar-refractivity contribution in [3.8, 4) is 0 Å². The van der Waals surface area contributed by atoms with Crippen molar-refractivity contribution in [2.75, 3.05) is 11.6 Å². The van der Waals surface area contributed by atoms with Gasteiger partial charge in [-0.25, -0.2) is 8.42 Å². The van der Waals surface area contributed by atoms with Gasteiger partial charge in [0.2, 0.25) is 0 Å². The van der Waals surface area contributed by atoms with Crippen molar-refractivity contribution in [1.29, 1.82) is 0 Å². The van der Waals surface area contributed by atoms with E-state index in [2.05, 4.69) is 4.83 Å². The lowest BCUT2D eigenvalue weighted by Gasteiger charge is -2.26. The first-order valence-corrected chi connectivity index (χ1v) is 10.4. The highest BCUT2D eigenvalue weighted by Crippen LogP contribution is 2.25. The molecule has 150 valence electrons. The molecule has 0 unspecified atom stereocenters. The summed E-state index contributed by atoms with van der Waals surface area (Å²) in [5.74, 6) is 0. The Bertz CT molecular complexity index is 1080. The number of hydrogen-bond acceptors (Lipinski definition) is 3. The Labute approximate surface area is 169 Å².